The zero-order chi connectivity index (χ0) is 22.2. The first-order chi connectivity index (χ1) is 15.0. The topological polar surface area (TPSA) is 120 Å². The number of nitrogens with two attached hydrogens (primary N) is 1. The summed E-state index contributed by atoms with van der Waals surface area (Å²) >= 11 is 0. The second-order valence-corrected chi connectivity index (χ2v) is 7.35. The van der Waals surface area contributed by atoms with E-state index in [1.54, 1.807) is 4.90 Å². The van der Waals surface area contributed by atoms with E-state index in [4.69, 9.17) is 15.2 Å². The van der Waals surface area contributed by atoms with Crippen molar-refractivity contribution in [3.05, 3.63) is 35.4 Å². The van der Waals surface area contributed by atoms with Gasteiger partial charge in [-0.2, -0.15) is 9.97 Å². The molecule has 1 aromatic heterocycles. The monoisotopic (exact) mass is 427 g/mol. The lowest BCUT2D eigenvalue weighted by atomic mass is 10.1. The molecule has 0 aliphatic carbocycles. The van der Waals surface area contributed by atoms with Crippen LogP contribution in [0.3, 0.4) is 0 Å². The van der Waals surface area contributed by atoms with Crippen LogP contribution in [0.4, 0.5) is 17.3 Å². The molecule has 9 nitrogen and oxygen atoms in total. The lowest BCUT2D eigenvalue weighted by Gasteiger charge is -2.17. The number of anilines is 3. The fourth-order valence-electron chi connectivity index (χ4n) is 3.33. The van der Waals surface area contributed by atoms with Gasteiger partial charge in [-0.05, 0) is 30.5 Å². The van der Waals surface area contributed by atoms with Gasteiger partial charge >= 0.3 is 12.0 Å². The molecule has 0 saturated carbocycles. The highest BCUT2D eigenvalue weighted by atomic mass is 16.5. The van der Waals surface area contributed by atoms with E-state index in [2.05, 4.69) is 22.2 Å². The van der Waals surface area contributed by atoms with Crippen molar-refractivity contribution in [2.24, 2.45) is 0 Å². The second-order valence-electron chi connectivity index (χ2n) is 7.35. The Morgan fingerprint density at radius 3 is 2.90 bits per heavy atom. The largest absolute Gasteiger partial charge is 0.469 e. The zero-order valence-electron chi connectivity index (χ0n) is 18.0. The summed E-state index contributed by atoms with van der Waals surface area (Å²) in [6, 6.07) is 7.84. The van der Waals surface area contributed by atoms with Crippen LogP contribution < -0.4 is 20.7 Å². The quantitative estimate of drug-likeness (QED) is 0.414. The van der Waals surface area contributed by atoms with Gasteiger partial charge in [-0.3, -0.25) is 14.5 Å². The van der Waals surface area contributed by atoms with Gasteiger partial charge in [0.25, 0.3) is 0 Å². The Hall–Kier alpha value is -3.36. The maximum Gasteiger partial charge on any atom is 0.320 e. The molecule has 0 saturated heterocycles. The Morgan fingerprint density at radius 1 is 1.29 bits per heavy atom. The lowest BCUT2D eigenvalue weighted by molar-refractivity contribution is -0.139. The number of amides is 1. The Balaban J connectivity index is 1.56. The molecule has 1 amide bonds. The first-order valence-electron chi connectivity index (χ1n) is 10.5. The fraction of sp³-hybridized carbons (Fsp3) is 0.455. The normalized spacial score (nSPS) is 12.6. The van der Waals surface area contributed by atoms with Crippen molar-refractivity contribution in [2.75, 3.05) is 42.8 Å². The van der Waals surface area contributed by atoms with E-state index in [9.17, 15) is 9.59 Å². The molecule has 0 unspecified atom stereocenters. The number of benzene rings is 1. The molecule has 0 fully saturated rings. The molecule has 3 rings (SSSR count). The molecule has 2 heterocycles. The van der Waals surface area contributed by atoms with Crippen LogP contribution in [0.25, 0.3) is 0 Å². The molecule has 0 spiro atoms. The average molecular weight is 428 g/mol. The van der Waals surface area contributed by atoms with Crippen LogP contribution in [0.5, 0.6) is 6.01 Å². The van der Waals surface area contributed by atoms with Gasteiger partial charge in [0.1, 0.15) is 11.6 Å². The summed E-state index contributed by atoms with van der Waals surface area (Å²) in [5.74, 6) is 0.529. The van der Waals surface area contributed by atoms with Crippen molar-refractivity contribution in [3.63, 3.8) is 0 Å². The SMILES string of the molecule is CCCCOc1nc(N)c2c(n1)N(CCCNc1cccc(CC(=O)OC)c1)C(=O)C2. The van der Waals surface area contributed by atoms with E-state index in [1.165, 1.54) is 7.11 Å². The Kier molecular flexibility index (Phi) is 7.64. The molecule has 2 aromatic rings. The summed E-state index contributed by atoms with van der Waals surface area (Å²) in [5, 5.41) is 3.32. The number of ether oxygens (including phenoxy) is 2. The van der Waals surface area contributed by atoms with Gasteiger partial charge in [0.15, 0.2) is 0 Å². The molecule has 166 valence electrons. The highest BCUT2D eigenvalue weighted by Gasteiger charge is 2.31. The number of nitrogens with zero attached hydrogens (tertiary/aromatic N) is 3. The molecule has 0 bridgehead atoms. The van der Waals surface area contributed by atoms with Crippen molar-refractivity contribution in [1.29, 1.82) is 0 Å². The molecule has 1 aliphatic heterocycles. The van der Waals surface area contributed by atoms with Gasteiger partial charge in [0, 0.05) is 24.3 Å². The molecule has 0 radical (unpaired) electrons. The van der Waals surface area contributed by atoms with Crippen molar-refractivity contribution >= 4 is 29.2 Å². The number of fused-ring (bicyclic) bond motifs is 1. The number of nitrogen functional groups attached to an aromatic ring is 1. The van der Waals surface area contributed by atoms with Crippen LogP contribution in [0, 0.1) is 0 Å². The van der Waals surface area contributed by atoms with Crippen molar-refractivity contribution < 1.29 is 19.1 Å². The minimum atomic E-state index is -0.275. The standard InChI is InChI=1S/C22H29N5O4/c1-3-4-11-31-22-25-20(23)17-14-18(28)27(21(17)26-22)10-6-9-24-16-8-5-7-15(12-16)13-19(29)30-2/h5,7-8,12,24H,3-4,6,9-11,13-14H2,1-2H3,(H2,23,25,26). The number of carbonyl (C=O) groups is 2. The molecule has 31 heavy (non-hydrogen) atoms. The minimum absolute atomic E-state index is 0.0400. The number of unbranched alkanes of at least 4 members (excludes halogenated alkanes) is 1. The highest BCUT2D eigenvalue weighted by molar-refractivity contribution is 6.01. The molecule has 9 heteroatoms. The highest BCUT2D eigenvalue weighted by Crippen LogP contribution is 2.32. The maximum atomic E-state index is 12.5. The summed E-state index contributed by atoms with van der Waals surface area (Å²) in [6.45, 7) is 3.75. The lowest BCUT2D eigenvalue weighted by Crippen LogP contribution is -2.29. The molecule has 1 aromatic carbocycles. The Morgan fingerprint density at radius 2 is 2.13 bits per heavy atom. The van der Waals surface area contributed by atoms with E-state index in [-0.39, 0.29) is 30.7 Å². The van der Waals surface area contributed by atoms with Gasteiger partial charge in [-0.1, -0.05) is 25.5 Å². The summed E-state index contributed by atoms with van der Waals surface area (Å²) in [7, 11) is 1.38. The van der Waals surface area contributed by atoms with Crippen LogP contribution in [0.2, 0.25) is 0 Å². The van der Waals surface area contributed by atoms with Crippen molar-refractivity contribution in [1.82, 2.24) is 9.97 Å². The first kappa shape index (κ1) is 22.3. The number of hydrogen-bond acceptors (Lipinski definition) is 8. The third-order valence-electron chi connectivity index (χ3n) is 5.00. The number of rotatable bonds is 11. The number of aromatic nitrogens is 2. The number of hydrogen-bond donors (Lipinski definition) is 2. The third kappa shape index (κ3) is 5.84. The summed E-state index contributed by atoms with van der Waals surface area (Å²) in [5.41, 5.74) is 8.49. The average Bonchev–Trinajstić information content (AvgIpc) is 3.07. The van der Waals surface area contributed by atoms with Gasteiger partial charge in [0.05, 0.1) is 26.6 Å². The second kappa shape index (κ2) is 10.6. The molecular formula is C22H29N5O4. The maximum absolute atomic E-state index is 12.5. The number of esters is 1. The summed E-state index contributed by atoms with van der Waals surface area (Å²) in [6.07, 6.45) is 3.05. The van der Waals surface area contributed by atoms with E-state index in [1.807, 2.05) is 24.3 Å². The smallest absolute Gasteiger partial charge is 0.320 e. The Labute approximate surface area is 182 Å². The van der Waals surface area contributed by atoms with E-state index >= 15 is 0 Å². The van der Waals surface area contributed by atoms with Crippen LogP contribution in [-0.4, -0.2) is 48.7 Å². The van der Waals surface area contributed by atoms with Gasteiger partial charge < -0.3 is 20.5 Å². The van der Waals surface area contributed by atoms with E-state index in [0.29, 0.717) is 43.3 Å². The van der Waals surface area contributed by atoms with Crippen LogP contribution >= 0.6 is 0 Å². The summed E-state index contributed by atoms with van der Waals surface area (Å²) in [4.78, 5) is 34.2. The van der Waals surface area contributed by atoms with E-state index in [0.717, 1.165) is 24.1 Å². The Bertz CT molecular complexity index is 934. The minimum Gasteiger partial charge on any atom is -0.469 e. The predicted molar refractivity (Wildman–Crippen MR) is 118 cm³/mol. The molecular weight excluding hydrogens is 398 g/mol. The fourth-order valence-corrected chi connectivity index (χ4v) is 3.33. The van der Waals surface area contributed by atoms with Crippen LogP contribution in [-0.2, 0) is 27.2 Å². The number of carbonyl (C=O) groups excluding carboxylic acids is 2. The molecule has 0 atom stereocenters. The van der Waals surface area contributed by atoms with Crippen LogP contribution in [0.15, 0.2) is 24.3 Å². The van der Waals surface area contributed by atoms with Crippen LogP contribution in [0.1, 0.15) is 37.3 Å². The van der Waals surface area contributed by atoms with Crippen molar-refractivity contribution in [3.8, 4) is 6.01 Å². The molecule has 1 aliphatic rings. The molecule has 3 N–H and O–H groups in total. The van der Waals surface area contributed by atoms with Gasteiger partial charge in [-0.25, -0.2) is 0 Å². The zero-order valence-corrected chi connectivity index (χ0v) is 18.0. The summed E-state index contributed by atoms with van der Waals surface area (Å²) < 4.78 is 10.3. The first-order valence-corrected chi connectivity index (χ1v) is 10.5. The number of nitrogens with one attached hydrogen (secondary N) is 1. The van der Waals surface area contributed by atoms with Crippen molar-refractivity contribution in [2.45, 2.75) is 39.0 Å². The predicted octanol–water partition coefficient (Wildman–Crippen LogP) is 2.34. The van der Waals surface area contributed by atoms with Gasteiger partial charge in [-0.15, -0.1) is 0 Å². The van der Waals surface area contributed by atoms with Gasteiger partial charge in [0.2, 0.25) is 5.91 Å². The van der Waals surface area contributed by atoms with E-state index < -0.39 is 0 Å². The number of methoxy groups -OCH3 is 1. The third-order valence-corrected chi connectivity index (χ3v) is 5.00.